The third-order valence-electron chi connectivity index (χ3n) is 3.90. The summed E-state index contributed by atoms with van der Waals surface area (Å²) in [4.78, 5) is 26.0. The molecule has 0 spiro atoms. The fraction of sp³-hybridized carbons (Fsp3) is 0.786. The molecule has 7 nitrogen and oxygen atoms in total. The van der Waals surface area contributed by atoms with Crippen LogP contribution in [0.15, 0.2) is 4.79 Å². The zero-order valence-electron chi connectivity index (χ0n) is 13.3. The molecular formula is C14H25N5O2. The highest BCUT2D eigenvalue weighted by molar-refractivity contribution is 5.74. The topological polar surface area (TPSA) is 72.2 Å². The Hall–Kier alpha value is -1.79. The van der Waals surface area contributed by atoms with Gasteiger partial charge < -0.3 is 10.2 Å². The first-order chi connectivity index (χ1) is 9.95. The number of likely N-dealkylation sites (tertiary alicyclic amines) is 1. The highest BCUT2D eigenvalue weighted by atomic mass is 16.2. The highest BCUT2D eigenvalue weighted by Gasteiger charge is 2.29. The summed E-state index contributed by atoms with van der Waals surface area (Å²) >= 11 is 0. The summed E-state index contributed by atoms with van der Waals surface area (Å²) in [5, 5.41) is 7.24. The van der Waals surface area contributed by atoms with E-state index in [1.807, 2.05) is 25.7 Å². The number of nitrogens with one attached hydrogen (secondary N) is 1. The van der Waals surface area contributed by atoms with Gasteiger partial charge >= 0.3 is 11.7 Å². The second-order valence-electron chi connectivity index (χ2n) is 5.85. The minimum Gasteiger partial charge on any atom is -0.338 e. The van der Waals surface area contributed by atoms with E-state index in [0.717, 1.165) is 25.2 Å². The Balaban J connectivity index is 2.24. The number of nitrogens with zero attached hydrogens (tertiary/aromatic N) is 4. The monoisotopic (exact) mass is 295 g/mol. The average molecular weight is 295 g/mol. The van der Waals surface area contributed by atoms with Gasteiger partial charge in [-0.25, -0.2) is 14.3 Å². The SMILES string of the molecule is CCNC(=O)N1CCCC(c2nn(C)c(=O)n2C(C)C)C1. The van der Waals surface area contributed by atoms with Crippen LogP contribution in [0.2, 0.25) is 0 Å². The first kappa shape index (κ1) is 15.6. The van der Waals surface area contributed by atoms with Crippen LogP contribution in [0, 0.1) is 0 Å². The van der Waals surface area contributed by atoms with Crippen molar-refractivity contribution in [2.45, 2.75) is 45.6 Å². The summed E-state index contributed by atoms with van der Waals surface area (Å²) in [6.45, 7) is 7.89. The molecule has 2 heterocycles. The number of carbonyl (C=O) groups excluding carboxylic acids is 1. The highest BCUT2D eigenvalue weighted by Crippen LogP contribution is 2.26. The second kappa shape index (κ2) is 6.32. The normalized spacial score (nSPS) is 19.1. The summed E-state index contributed by atoms with van der Waals surface area (Å²) < 4.78 is 3.13. The van der Waals surface area contributed by atoms with E-state index < -0.39 is 0 Å². The predicted octanol–water partition coefficient (Wildman–Crippen LogP) is 1.07. The van der Waals surface area contributed by atoms with Gasteiger partial charge in [0.2, 0.25) is 0 Å². The molecule has 1 aliphatic rings. The fourth-order valence-corrected chi connectivity index (χ4v) is 2.90. The number of piperidine rings is 1. The number of aryl methyl sites for hydroxylation is 1. The van der Waals surface area contributed by atoms with Crippen molar-refractivity contribution in [3.63, 3.8) is 0 Å². The van der Waals surface area contributed by atoms with Crippen LogP contribution in [0.1, 0.15) is 51.4 Å². The van der Waals surface area contributed by atoms with Crippen LogP contribution in [0.5, 0.6) is 0 Å². The van der Waals surface area contributed by atoms with Crippen LogP contribution >= 0.6 is 0 Å². The lowest BCUT2D eigenvalue weighted by atomic mass is 9.97. The first-order valence-electron chi connectivity index (χ1n) is 7.63. The lowest BCUT2D eigenvalue weighted by molar-refractivity contribution is 0.178. The number of hydrogen-bond acceptors (Lipinski definition) is 3. The zero-order chi connectivity index (χ0) is 15.6. The maximum Gasteiger partial charge on any atom is 0.345 e. The van der Waals surface area contributed by atoms with Gasteiger partial charge in [0.1, 0.15) is 5.82 Å². The van der Waals surface area contributed by atoms with Gasteiger partial charge in [-0.1, -0.05) is 0 Å². The largest absolute Gasteiger partial charge is 0.345 e. The number of amides is 2. The number of hydrogen-bond donors (Lipinski definition) is 1. The minimum absolute atomic E-state index is 0.0309. The lowest BCUT2D eigenvalue weighted by Crippen LogP contribution is -2.45. The molecule has 1 aromatic heterocycles. The summed E-state index contributed by atoms with van der Waals surface area (Å²) in [6.07, 6.45) is 1.89. The molecule has 0 saturated carbocycles. The van der Waals surface area contributed by atoms with Crippen molar-refractivity contribution in [1.82, 2.24) is 24.6 Å². The first-order valence-corrected chi connectivity index (χ1v) is 7.63. The van der Waals surface area contributed by atoms with Crippen molar-refractivity contribution in [2.24, 2.45) is 7.05 Å². The molecule has 2 rings (SSSR count). The van der Waals surface area contributed by atoms with Gasteiger partial charge in [0, 0.05) is 38.6 Å². The standard InChI is InChI=1S/C14H25N5O2/c1-5-15-13(20)18-8-6-7-11(9-18)12-16-17(4)14(21)19(12)10(2)3/h10-11H,5-9H2,1-4H3,(H,15,20). The molecule has 1 aliphatic heterocycles. The number of carbonyl (C=O) groups is 1. The summed E-state index contributed by atoms with van der Waals surface area (Å²) in [5.41, 5.74) is -0.0878. The number of rotatable bonds is 3. The van der Waals surface area contributed by atoms with Crippen molar-refractivity contribution >= 4 is 6.03 Å². The average Bonchev–Trinajstić information content (AvgIpc) is 2.75. The van der Waals surface area contributed by atoms with Crippen molar-refractivity contribution in [2.75, 3.05) is 19.6 Å². The van der Waals surface area contributed by atoms with Gasteiger partial charge in [-0.15, -0.1) is 0 Å². The second-order valence-corrected chi connectivity index (χ2v) is 5.85. The zero-order valence-corrected chi connectivity index (χ0v) is 13.3. The van der Waals surface area contributed by atoms with E-state index in [2.05, 4.69) is 10.4 Å². The third kappa shape index (κ3) is 3.11. The van der Waals surface area contributed by atoms with Gasteiger partial charge in [-0.3, -0.25) is 4.57 Å². The molecule has 0 aromatic carbocycles. The molecule has 118 valence electrons. The molecule has 0 bridgehead atoms. The van der Waals surface area contributed by atoms with Crippen molar-refractivity contribution in [3.05, 3.63) is 16.3 Å². The molecular weight excluding hydrogens is 270 g/mol. The Morgan fingerprint density at radius 3 is 2.81 bits per heavy atom. The predicted molar refractivity (Wildman–Crippen MR) is 80.5 cm³/mol. The van der Waals surface area contributed by atoms with Crippen molar-refractivity contribution < 1.29 is 4.79 Å². The van der Waals surface area contributed by atoms with E-state index >= 15 is 0 Å². The molecule has 0 aliphatic carbocycles. The van der Waals surface area contributed by atoms with Crippen LogP contribution in [-0.2, 0) is 7.05 Å². The van der Waals surface area contributed by atoms with Crippen LogP contribution in [-0.4, -0.2) is 44.9 Å². The van der Waals surface area contributed by atoms with Crippen molar-refractivity contribution in [3.8, 4) is 0 Å². The van der Waals surface area contributed by atoms with Gasteiger partial charge in [0.25, 0.3) is 0 Å². The molecule has 2 amide bonds. The lowest BCUT2D eigenvalue weighted by Gasteiger charge is -2.32. The van der Waals surface area contributed by atoms with E-state index in [9.17, 15) is 9.59 Å². The maximum atomic E-state index is 12.2. The van der Waals surface area contributed by atoms with Gasteiger partial charge in [0.05, 0.1) is 0 Å². The maximum absolute atomic E-state index is 12.2. The molecule has 7 heteroatoms. The van der Waals surface area contributed by atoms with Gasteiger partial charge in [-0.2, -0.15) is 5.10 Å². The summed E-state index contributed by atoms with van der Waals surface area (Å²) in [6, 6.07) is 0.0395. The van der Waals surface area contributed by atoms with E-state index in [1.165, 1.54) is 4.68 Å². The Morgan fingerprint density at radius 2 is 2.19 bits per heavy atom. The van der Waals surface area contributed by atoms with Crippen LogP contribution < -0.4 is 11.0 Å². The van der Waals surface area contributed by atoms with Crippen LogP contribution in [0.25, 0.3) is 0 Å². The molecule has 1 aromatic rings. The minimum atomic E-state index is -0.0878. The molecule has 1 saturated heterocycles. The van der Waals surface area contributed by atoms with E-state index in [4.69, 9.17) is 0 Å². The van der Waals surface area contributed by atoms with Crippen molar-refractivity contribution in [1.29, 1.82) is 0 Å². The molecule has 1 N–H and O–H groups in total. The van der Waals surface area contributed by atoms with E-state index in [1.54, 1.807) is 11.6 Å². The molecule has 1 atom stereocenters. The molecule has 0 radical (unpaired) electrons. The van der Waals surface area contributed by atoms with Crippen LogP contribution in [0.4, 0.5) is 4.79 Å². The Bertz CT molecular complexity index is 560. The van der Waals surface area contributed by atoms with E-state index in [0.29, 0.717) is 13.1 Å². The Morgan fingerprint density at radius 1 is 1.48 bits per heavy atom. The number of aromatic nitrogens is 3. The quantitative estimate of drug-likeness (QED) is 0.906. The molecule has 21 heavy (non-hydrogen) atoms. The summed E-state index contributed by atoms with van der Waals surface area (Å²) in [7, 11) is 1.68. The number of urea groups is 1. The van der Waals surface area contributed by atoms with Gasteiger partial charge in [0.15, 0.2) is 0 Å². The smallest absolute Gasteiger partial charge is 0.338 e. The van der Waals surface area contributed by atoms with Gasteiger partial charge in [-0.05, 0) is 33.6 Å². The fourth-order valence-electron chi connectivity index (χ4n) is 2.90. The Kier molecular flexibility index (Phi) is 4.69. The van der Waals surface area contributed by atoms with E-state index in [-0.39, 0.29) is 23.7 Å². The molecule has 1 unspecified atom stereocenters. The van der Waals surface area contributed by atoms with Crippen LogP contribution in [0.3, 0.4) is 0 Å². The molecule has 1 fully saturated rings. The summed E-state index contributed by atoms with van der Waals surface area (Å²) in [5.74, 6) is 0.921. The third-order valence-corrected chi connectivity index (χ3v) is 3.90. The Labute approximate surface area is 124 Å².